The minimum atomic E-state index is -0.513. The number of carbonyl (C=O) groups is 3. The van der Waals surface area contributed by atoms with Crippen LogP contribution in [0.5, 0.6) is 0 Å². The molecule has 2 aliphatic heterocycles. The number of anilines is 1. The lowest BCUT2D eigenvalue weighted by Gasteiger charge is -2.35. The van der Waals surface area contributed by atoms with E-state index < -0.39 is 5.41 Å². The number of aromatic nitrogens is 2. The number of carbonyl (C=O) groups excluding carboxylic acids is 3. The highest BCUT2D eigenvalue weighted by Crippen LogP contribution is 2.46. The Kier molecular flexibility index (Phi) is 4.34. The van der Waals surface area contributed by atoms with Crippen molar-refractivity contribution >= 4 is 23.7 Å². The van der Waals surface area contributed by atoms with Crippen molar-refractivity contribution in [3.05, 3.63) is 18.5 Å². The van der Waals surface area contributed by atoms with Crippen molar-refractivity contribution < 1.29 is 14.4 Å². The van der Waals surface area contributed by atoms with Crippen LogP contribution >= 0.6 is 0 Å². The quantitative estimate of drug-likeness (QED) is 0.730. The van der Waals surface area contributed by atoms with E-state index in [9.17, 15) is 14.4 Å². The first kappa shape index (κ1) is 16.9. The molecule has 0 atom stereocenters. The van der Waals surface area contributed by atoms with Gasteiger partial charge in [-0.25, -0.2) is 9.97 Å². The summed E-state index contributed by atoms with van der Waals surface area (Å²) >= 11 is 0. The molecule has 2 saturated heterocycles. The van der Waals surface area contributed by atoms with Crippen LogP contribution < -0.4 is 4.90 Å². The van der Waals surface area contributed by atoms with E-state index in [4.69, 9.17) is 0 Å². The Labute approximate surface area is 152 Å². The molecule has 8 nitrogen and oxygen atoms in total. The van der Waals surface area contributed by atoms with Crippen LogP contribution in [0.15, 0.2) is 18.5 Å². The Morgan fingerprint density at radius 3 is 2.35 bits per heavy atom. The van der Waals surface area contributed by atoms with Gasteiger partial charge < -0.3 is 9.80 Å². The van der Waals surface area contributed by atoms with E-state index in [0.717, 1.165) is 25.7 Å². The topological polar surface area (TPSA) is 86.7 Å². The molecule has 4 rings (SSSR count). The molecule has 3 amide bonds. The SMILES string of the molecule is O=C(CN1C(=O)CC2(CCCC2)C1=O)N1CCN(c2ncccn2)CC1. The van der Waals surface area contributed by atoms with Crippen molar-refractivity contribution in [2.24, 2.45) is 5.41 Å². The van der Waals surface area contributed by atoms with Gasteiger partial charge in [-0.05, 0) is 18.9 Å². The molecule has 0 aromatic carbocycles. The van der Waals surface area contributed by atoms with Crippen molar-refractivity contribution in [1.29, 1.82) is 0 Å². The first-order valence-electron chi connectivity index (χ1n) is 9.24. The molecule has 8 heteroatoms. The van der Waals surface area contributed by atoms with Gasteiger partial charge in [0.2, 0.25) is 23.7 Å². The Morgan fingerprint density at radius 1 is 1.04 bits per heavy atom. The second kappa shape index (κ2) is 6.66. The average Bonchev–Trinajstić information content (AvgIpc) is 3.23. The van der Waals surface area contributed by atoms with E-state index in [-0.39, 0.29) is 30.7 Å². The highest BCUT2D eigenvalue weighted by molar-refractivity contribution is 6.08. The normalized spacial score (nSPS) is 22.5. The van der Waals surface area contributed by atoms with Crippen LogP contribution in [0, 0.1) is 5.41 Å². The molecule has 138 valence electrons. The third-order valence-electron chi connectivity index (χ3n) is 5.81. The smallest absolute Gasteiger partial charge is 0.242 e. The van der Waals surface area contributed by atoms with Crippen molar-refractivity contribution in [1.82, 2.24) is 19.8 Å². The summed E-state index contributed by atoms with van der Waals surface area (Å²) in [6, 6.07) is 1.77. The summed E-state index contributed by atoms with van der Waals surface area (Å²) in [5.41, 5.74) is -0.513. The fraction of sp³-hybridized carbons (Fsp3) is 0.611. The maximum atomic E-state index is 12.7. The summed E-state index contributed by atoms with van der Waals surface area (Å²) in [5.74, 6) is 0.175. The zero-order valence-electron chi connectivity index (χ0n) is 14.8. The first-order valence-corrected chi connectivity index (χ1v) is 9.24. The molecule has 1 aromatic heterocycles. The molecule has 0 unspecified atom stereocenters. The van der Waals surface area contributed by atoms with Crippen molar-refractivity contribution in [3.63, 3.8) is 0 Å². The molecule has 26 heavy (non-hydrogen) atoms. The monoisotopic (exact) mass is 357 g/mol. The van der Waals surface area contributed by atoms with Gasteiger partial charge in [-0.3, -0.25) is 19.3 Å². The third-order valence-corrected chi connectivity index (χ3v) is 5.81. The highest BCUT2D eigenvalue weighted by atomic mass is 16.2. The lowest BCUT2D eigenvalue weighted by molar-refractivity contribution is -0.147. The lowest BCUT2D eigenvalue weighted by Crippen LogP contribution is -2.52. The van der Waals surface area contributed by atoms with Crippen LogP contribution in [-0.4, -0.2) is 70.2 Å². The van der Waals surface area contributed by atoms with E-state index in [1.54, 1.807) is 23.4 Å². The van der Waals surface area contributed by atoms with Crippen LogP contribution in [-0.2, 0) is 14.4 Å². The van der Waals surface area contributed by atoms with E-state index in [0.29, 0.717) is 32.1 Å². The Hall–Kier alpha value is -2.51. The fourth-order valence-electron chi connectivity index (χ4n) is 4.31. The van der Waals surface area contributed by atoms with E-state index in [1.807, 2.05) is 4.90 Å². The summed E-state index contributed by atoms with van der Waals surface area (Å²) in [7, 11) is 0. The fourth-order valence-corrected chi connectivity index (χ4v) is 4.31. The number of hydrogen-bond donors (Lipinski definition) is 0. The molecule has 1 aliphatic carbocycles. The zero-order chi connectivity index (χ0) is 18.1. The maximum absolute atomic E-state index is 12.7. The maximum Gasteiger partial charge on any atom is 0.242 e. The van der Waals surface area contributed by atoms with Gasteiger partial charge in [0.05, 0.1) is 5.41 Å². The summed E-state index contributed by atoms with van der Waals surface area (Å²) in [6.45, 7) is 2.24. The van der Waals surface area contributed by atoms with Gasteiger partial charge in [0.1, 0.15) is 6.54 Å². The molecule has 1 saturated carbocycles. The summed E-state index contributed by atoms with van der Waals surface area (Å²) < 4.78 is 0. The van der Waals surface area contributed by atoms with E-state index in [1.165, 1.54) is 4.90 Å². The van der Waals surface area contributed by atoms with Crippen molar-refractivity contribution in [2.45, 2.75) is 32.1 Å². The number of amides is 3. The second-order valence-electron chi connectivity index (χ2n) is 7.37. The molecule has 1 spiro atoms. The number of hydrogen-bond acceptors (Lipinski definition) is 6. The van der Waals surface area contributed by atoms with Crippen LogP contribution in [0.4, 0.5) is 5.95 Å². The molecule has 3 heterocycles. The molecule has 3 aliphatic rings. The number of piperazine rings is 1. The third kappa shape index (κ3) is 2.93. The molecule has 0 N–H and O–H groups in total. The molecule has 1 aromatic rings. The Balaban J connectivity index is 1.34. The number of imide groups is 1. The average molecular weight is 357 g/mol. The van der Waals surface area contributed by atoms with Gasteiger partial charge in [0.25, 0.3) is 0 Å². The van der Waals surface area contributed by atoms with Crippen LogP contribution in [0.1, 0.15) is 32.1 Å². The standard InChI is InChI=1S/C18H23N5O3/c24-14-12-18(4-1-2-5-18)16(26)23(14)13-15(25)21-8-10-22(11-9-21)17-19-6-3-7-20-17/h3,6-7H,1-2,4-5,8-13H2. The highest BCUT2D eigenvalue weighted by Gasteiger charge is 2.53. The van der Waals surface area contributed by atoms with Crippen LogP contribution in [0.25, 0.3) is 0 Å². The van der Waals surface area contributed by atoms with Gasteiger partial charge >= 0.3 is 0 Å². The van der Waals surface area contributed by atoms with Gasteiger partial charge in [0.15, 0.2) is 0 Å². The Bertz CT molecular complexity index is 709. The predicted octanol–water partition coefficient (Wildman–Crippen LogP) is 0.444. The predicted molar refractivity (Wildman–Crippen MR) is 93.1 cm³/mol. The van der Waals surface area contributed by atoms with Gasteiger partial charge in [-0.1, -0.05) is 12.8 Å². The Morgan fingerprint density at radius 2 is 1.69 bits per heavy atom. The first-order chi connectivity index (χ1) is 12.6. The largest absolute Gasteiger partial charge is 0.338 e. The number of rotatable bonds is 3. The number of nitrogens with zero attached hydrogens (tertiary/aromatic N) is 5. The van der Waals surface area contributed by atoms with Crippen molar-refractivity contribution in [3.8, 4) is 0 Å². The summed E-state index contributed by atoms with van der Waals surface area (Å²) in [5, 5.41) is 0. The van der Waals surface area contributed by atoms with Gasteiger partial charge in [-0.2, -0.15) is 0 Å². The number of likely N-dealkylation sites (tertiary alicyclic amines) is 1. The molecule has 0 bridgehead atoms. The van der Waals surface area contributed by atoms with Crippen LogP contribution in [0.2, 0.25) is 0 Å². The van der Waals surface area contributed by atoms with Crippen molar-refractivity contribution in [2.75, 3.05) is 37.6 Å². The summed E-state index contributed by atoms with van der Waals surface area (Å²) in [6.07, 6.45) is 7.20. The molecule has 0 radical (unpaired) electrons. The van der Waals surface area contributed by atoms with Gasteiger partial charge in [0, 0.05) is 45.0 Å². The minimum Gasteiger partial charge on any atom is -0.338 e. The lowest BCUT2D eigenvalue weighted by atomic mass is 9.84. The second-order valence-corrected chi connectivity index (χ2v) is 7.37. The van der Waals surface area contributed by atoms with Crippen LogP contribution in [0.3, 0.4) is 0 Å². The minimum absolute atomic E-state index is 0.124. The molecule has 3 fully saturated rings. The summed E-state index contributed by atoms with van der Waals surface area (Å²) in [4.78, 5) is 51.0. The zero-order valence-corrected chi connectivity index (χ0v) is 14.8. The molecular weight excluding hydrogens is 334 g/mol. The molecular formula is C18H23N5O3. The van der Waals surface area contributed by atoms with E-state index in [2.05, 4.69) is 9.97 Å². The van der Waals surface area contributed by atoms with Gasteiger partial charge in [-0.15, -0.1) is 0 Å². The van der Waals surface area contributed by atoms with E-state index >= 15 is 0 Å².